The van der Waals surface area contributed by atoms with Crippen LogP contribution in [-0.4, -0.2) is 38.4 Å². The summed E-state index contributed by atoms with van der Waals surface area (Å²) in [5.41, 5.74) is 0.951. The summed E-state index contributed by atoms with van der Waals surface area (Å²) in [6, 6.07) is 11.2. The molecule has 1 aliphatic heterocycles. The molecule has 11 heteroatoms. The molecule has 0 fully saturated rings. The van der Waals surface area contributed by atoms with Crippen LogP contribution < -0.4 is 24.2 Å². The van der Waals surface area contributed by atoms with Gasteiger partial charge >= 0.3 is 0 Å². The molecule has 1 aliphatic rings. The van der Waals surface area contributed by atoms with Crippen LogP contribution in [0.1, 0.15) is 16.1 Å². The topological polar surface area (TPSA) is 132 Å². The minimum atomic E-state index is -4.13. The highest BCUT2D eigenvalue weighted by molar-refractivity contribution is 7.92. The highest BCUT2D eigenvalue weighted by Gasteiger charge is 2.29. The number of rotatable bonds is 6. The fourth-order valence-corrected chi connectivity index (χ4v) is 4.12. The molecule has 0 atom stereocenters. The average Bonchev–Trinajstić information content (AvgIpc) is 3.34. The van der Waals surface area contributed by atoms with Gasteiger partial charge in [-0.3, -0.25) is 14.6 Å². The molecule has 0 saturated carbocycles. The third-order valence-corrected chi connectivity index (χ3v) is 5.68. The maximum atomic E-state index is 12.9. The van der Waals surface area contributed by atoms with Crippen LogP contribution in [0.25, 0.3) is 0 Å². The number of sulfonamides is 1. The van der Waals surface area contributed by atoms with Crippen molar-refractivity contribution in [3.63, 3.8) is 0 Å². The number of aryl methyl sites for hydroxylation is 1. The molecule has 1 amide bonds. The molecule has 4 rings (SSSR count). The van der Waals surface area contributed by atoms with Crippen LogP contribution in [0.15, 0.2) is 47.5 Å². The number of aromatic amines is 1. The third-order valence-electron chi connectivity index (χ3n) is 4.37. The Labute approximate surface area is 172 Å². The van der Waals surface area contributed by atoms with Crippen LogP contribution in [0, 0.1) is 6.92 Å². The van der Waals surface area contributed by atoms with Gasteiger partial charge in [0.2, 0.25) is 11.8 Å². The SMILES string of the molecule is COc1ccc(NS(=O)(=O)c2n[nH]c(C)c2C(=O)Nc2ccc3c(c2)OCO3)cc1. The van der Waals surface area contributed by atoms with Gasteiger partial charge in [-0.05, 0) is 43.3 Å². The summed E-state index contributed by atoms with van der Waals surface area (Å²) in [5, 5.41) is 8.65. The molecule has 0 saturated heterocycles. The number of fused-ring (bicyclic) bond motifs is 1. The maximum Gasteiger partial charge on any atom is 0.282 e. The van der Waals surface area contributed by atoms with Gasteiger partial charge in [0.1, 0.15) is 11.3 Å². The highest BCUT2D eigenvalue weighted by atomic mass is 32.2. The molecule has 0 radical (unpaired) electrons. The van der Waals surface area contributed by atoms with Crippen molar-refractivity contribution in [1.82, 2.24) is 10.2 Å². The van der Waals surface area contributed by atoms with Gasteiger partial charge in [0.25, 0.3) is 15.9 Å². The summed E-state index contributed by atoms with van der Waals surface area (Å²) in [5.74, 6) is 1.01. The predicted octanol–water partition coefficient (Wildman–Crippen LogP) is 2.51. The normalized spacial score (nSPS) is 12.5. The zero-order valence-electron chi connectivity index (χ0n) is 16.1. The summed E-state index contributed by atoms with van der Waals surface area (Å²) in [7, 11) is -2.62. The fourth-order valence-electron chi connectivity index (χ4n) is 2.90. The van der Waals surface area contributed by atoms with Gasteiger partial charge in [0.05, 0.1) is 7.11 Å². The van der Waals surface area contributed by atoms with Gasteiger partial charge in [0.15, 0.2) is 11.5 Å². The summed E-state index contributed by atoms with van der Waals surface area (Å²) >= 11 is 0. The largest absolute Gasteiger partial charge is 0.497 e. The van der Waals surface area contributed by atoms with Gasteiger partial charge in [-0.2, -0.15) is 13.5 Å². The van der Waals surface area contributed by atoms with Crippen molar-refractivity contribution in [3.05, 3.63) is 53.7 Å². The third kappa shape index (κ3) is 3.74. The lowest BCUT2D eigenvalue weighted by molar-refractivity contribution is 0.102. The quantitative estimate of drug-likeness (QED) is 0.547. The number of carbonyl (C=O) groups is 1. The van der Waals surface area contributed by atoms with Gasteiger partial charge in [-0.15, -0.1) is 0 Å². The molecular weight excluding hydrogens is 412 g/mol. The van der Waals surface area contributed by atoms with Crippen LogP contribution in [-0.2, 0) is 10.0 Å². The molecule has 30 heavy (non-hydrogen) atoms. The molecule has 10 nitrogen and oxygen atoms in total. The molecule has 1 aromatic heterocycles. The van der Waals surface area contributed by atoms with Crippen molar-refractivity contribution in [3.8, 4) is 17.2 Å². The minimum absolute atomic E-state index is 0.0892. The van der Waals surface area contributed by atoms with Crippen LogP contribution >= 0.6 is 0 Å². The Morgan fingerprint density at radius 2 is 1.80 bits per heavy atom. The van der Waals surface area contributed by atoms with Crippen LogP contribution in [0.5, 0.6) is 17.2 Å². The van der Waals surface area contributed by atoms with E-state index in [2.05, 4.69) is 20.2 Å². The Kier molecular flexibility index (Phi) is 4.96. The van der Waals surface area contributed by atoms with Crippen molar-refractivity contribution < 1.29 is 27.4 Å². The van der Waals surface area contributed by atoms with Crippen molar-refractivity contribution in [2.24, 2.45) is 0 Å². The van der Waals surface area contributed by atoms with Crippen LogP contribution in [0.2, 0.25) is 0 Å². The first-order chi connectivity index (χ1) is 14.4. The van der Waals surface area contributed by atoms with E-state index in [-0.39, 0.29) is 12.4 Å². The Bertz CT molecular complexity index is 1200. The Morgan fingerprint density at radius 3 is 2.53 bits per heavy atom. The van der Waals surface area contributed by atoms with Crippen molar-refractivity contribution in [2.75, 3.05) is 23.9 Å². The Morgan fingerprint density at radius 1 is 1.10 bits per heavy atom. The number of carbonyl (C=O) groups excluding carboxylic acids is 1. The lowest BCUT2D eigenvalue weighted by Gasteiger charge is -2.10. The van der Waals surface area contributed by atoms with Crippen LogP contribution in [0.3, 0.4) is 0 Å². The van der Waals surface area contributed by atoms with E-state index < -0.39 is 21.0 Å². The molecule has 2 heterocycles. The lowest BCUT2D eigenvalue weighted by atomic mass is 10.2. The van der Waals surface area contributed by atoms with Gasteiger partial charge in [-0.1, -0.05) is 0 Å². The second-order valence-corrected chi connectivity index (χ2v) is 7.98. The predicted molar refractivity (Wildman–Crippen MR) is 108 cm³/mol. The van der Waals surface area contributed by atoms with E-state index >= 15 is 0 Å². The average molecular weight is 430 g/mol. The van der Waals surface area contributed by atoms with E-state index in [0.717, 1.165) is 0 Å². The number of hydrogen-bond donors (Lipinski definition) is 3. The van der Waals surface area contributed by atoms with E-state index in [1.54, 1.807) is 49.4 Å². The molecule has 156 valence electrons. The number of anilines is 2. The van der Waals surface area contributed by atoms with Crippen molar-refractivity contribution >= 4 is 27.3 Å². The fraction of sp³-hybridized carbons (Fsp3) is 0.158. The minimum Gasteiger partial charge on any atom is -0.497 e. The number of methoxy groups -OCH3 is 1. The standard InChI is InChI=1S/C19H18N4O6S/c1-11-17(18(24)20-13-5-8-15-16(9-13)29-10-28-15)19(22-21-11)30(25,26)23-12-3-6-14(27-2)7-4-12/h3-9,23H,10H2,1-2H3,(H,20,24)(H,21,22). The van der Waals surface area contributed by atoms with E-state index in [0.29, 0.717) is 34.3 Å². The zero-order valence-corrected chi connectivity index (χ0v) is 16.9. The molecular formula is C19H18N4O6S. The number of aromatic nitrogens is 2. The zero-order chi connectivity index (χ0) is 21.3. The van der Waals surface area contributed by atoms with Crippen molar-refractivity contribution in [1.29, 1.82) is 0 Å². The summed E-state index contributed by atoms with van der Waals surface area (Å²) in [4.78, 5) is 12.8. The first kappa shape index (κ1) is 19.6. The van der Waals surface area contributed by atoms with E-state index in [4.69, 9.17) is 14.2 Å². The number of nitrogens with one attached hydrogen (secondary N) is 3. The molecule has 0 aliphatic carbocycles. The second kappa shape index (κ2) is 7.59. The molecule has 0 bridgehead atoms. The number of benzene rings is 2. The first-order valence-electron chi connectivity index (χ1n) is 8.80. The second-order valence-electron chi connectivity index (χ2n) is 6.38. The van der Waals surface area contributed by atoms with E-state index in [9.17, 15) is 13.2 Å². The number of ether oxygens (including phenoxy) is 3. The number of amides is 1. The van der Waals surface area contributed by atoms with Crippen molar-refractivity contribution in [2.45, 2.75) is 11.9 Å². The van der Waals surface area contributed by atoms with Gasteiger partial charge in [-0.25, -0.2) is 0 Å². The molecule has 2 aromatic carbocycles. The smallest absolute Gasteiger partial charge is 0.282 e. The number of H-pyrrole nitrogens is 1. The summed E-state index contributed by atoms with van der Waals surface area (Å²) in [6.07, 6.45) is 0. The number of nitrogens with zero attached hydrogens (tertiary/aromatic N) is 1. The van der Waals surface area contributed by atoms with Crippen LogP contribution in [0.4, 0.5) is 11.4 Å². The first-order valence-corrected chi connectivity index (χ1v) is 10.3. The lowest BCUT2D eigenvalue weighted by Crippen LogP contribution is -2.20. The monoisotopic (exact) mass is 430 g/mol. The van der Waals surface area contributed by atoms with Gasteiger partial charge < -0.3 is 19.5 Å². The highest BCUT2D eigenvalue weighted by Crippen LogP contribution is 2.34. The molecule has 0 spiro atoms. The van der Waals surface area contributed by atoms with E-state index in [1.807, 2.05) is 0 Å². The summed E-state index contributed by atoms with van der Waals surface area (Å²) < 4.78 is 43.7. The Balaban J connectivity index is 1.59. The van der Waals surface area contributed by atoms with E-state index in [1.165, 1.54) is 7.11 Å². The Hall–Kier alpha value is -3.73. The number of hydrogen-bond acceptors (Lipinski definition) is 7. The molecule has 3 N–H and O–H groups in total. The molecule has 0 unspecified atom stereocenters. The molecule has 3 aromatic rings. The van der Waals surface area contributed by atoms with Gasteiger partial charge in [0, 0.05) is 23.1 Å². The summed E-state index contributed by atoms with van der Waals surface area (Å²) in [6.45, 7) is 1.67. The maximum absolute atomic E-state index is 12.9.